The van der Waals surface area contributed by atoms with E-state index in [0.29, 0.717) is 12.1 Å². The third-order valence-corrected chi connectivity index (χ3v) is 2.68. The van der Waals surface area contributed by atoms with Gasteiger partial charge in [-0.05, 0) is 37.6 Å². The number of aliphatic hydroxyl groups is 1. The summed E-state index contributed by atoms with van der Waals surface area (Å²) in [6, 6.07) is 7.67. The smallest absolute Gasteiger partial charge is 0.0951 e. The van der Waals surface area contributed by atoms with Crippen LogP contribution in [0.3, 0.4) is 0 Å². The van der Waals surface area contributed by atoms with Crippen LogP contribution in [0.5, 0.6) is 0 Å². The van der Waals surface area contributed by atoms with E-state index in [0.717, 1.165) is 23.1 Å². The van der Waals surface area contributed by atoms with Gasteiger partial charge in [0.2, 0.25) is 0 Å². The van der Waals surface area contributed by atoms with Crippen LogP contribution in [-0.2, 0) is 0 Å². The fourth-order valence-electron chi connectivity index (χ4n) is 1.76. The molecule has 1 unspecified atom stereocenters. The first-order valence-corrected chi connectivity index (χ1v) is 5.73. The van der Waals surface area contributed by atoms with Gasteiger partial charge in [0.15, 0.2) is 0 Å². The second-order valence-corrected chi connectivity index (χ2v) is 4.17. The number of pyridine rings is 1. The van der Waals surface area contributed by atoms with Crippen LogP contribution >= 0.6 is 0 Å². The fraction of sp³-hybridized carbons (Fsp3) is 0.308. The number of fused-ring (bicyclic) bond motifs is 1. The van der Waals surface area contributed by atoms with Crippen LogP contribution in [0, 0.1) is 0 Å². The second-order valence-electron chi connectivity index (χ2n) is 4.17. The summed E-state index contributed by atoms with van der Waals surface area (Å²) in [5.74, 6) is 0. The Morgan fingerprint density at radius 2 is 2.24 bits per heavy atom. The lowest BCUT2D eigenvalue weighted by atomic mass is 10.1. The molecule has 0 amide bonds. The first kappa shape index (κ1) is 11.7. The van der Waals surface area contributed by atoms with Gasteiger partial charge in [0.05, 0.1) is 17.3 Å². The summed E-state index contributed by atoms with van der Waals surface area (Å²) in [6.45, 7) is 2.51. The summed E-state index contributed by atoms with van der Waals surface area (Å²) >= 11 is 0. The van der Waals surface area contributed by atoms with Gasteiger partial charge < -0.3 is 16.2 Å². The lowest BCUT2D eigenvalue weighted by Crippen LogP contribution is -2.10. The van der Waals surface area contributed by atoms with E-state index >= 15 is 0 Å². The highest BCUT2D eigenvalue weighted by molar-refractivity contribution is 5.98. The van der Waals surface area contributed by atoms with Crippen molar-refractivity contribution in [3.8, 4) is 0 Å². The summed E-state index contributed by atoms with van der Waals surface area (Å²) < 4.78 is 0. The Labute approximate surface area is 100 Å². The molecule has 1 aromatic carbocycles. The molecule has 2 aromatic rings. The minimum absolute atomic E-state index is 0.291. The maximum atomic E-state index is 9.22. The predicted molar refractivity (Wildman–Crippen MR) is 70.9 cm³/mol. The van der Waals surface area contributed by atoms with Crippen molar-refractivity contribution in [2.24, 2.45) is 0 Å². The zero-order valence-electron chi connectivity index (χ0n) is 9.85. The van der Waals surface area contributed by atoms with Crippen molar-refractivity contribution in [3.05, 3.63) is 30.5 Å². The maximum Gasteiger partial charge on any atom is 0.0951 e. The van der Waals surface area contributed by atoms with Crippen LogP contribution < -0.4 is 11.1 Å². The lowest BCUT2D eigenvalue weighted by molar-refractivity contribution is 0.189. The Balaban J connectivity index is 2.26. The third-order valence-electron chi connectivity index (χ3n) is 2.68. The van der Waals surface area contributed by atoms with Gasteiger partial charge in [-0.1, -0.05) is 0 Å². The topological polar surface area (TPSA) is 71.2 Å². The van der Waals surface area contributed by atoms with Crippen molar-refractivity contribution in [1.29, 1.82) is 0 Å². The molecule has 1 aromatic heterocycles. The van der Waals surface area contributed by atoms with E-state index in [1.807, 2.05) is 24.3 Å². The van der Waals surface area contributed by atoms with E-state index in [2.05, 4.69) is 10.3 Å². The number of aliphatic hydroxyl groups excluding tert-OH is 1. The molecule has 0 spiro atoms. The maximum absolute atomic E-state index is 9.22. The van der Waals surface area contributed by atoms with Gasteiger partial charge in [-0.2, -0.15) is 0 Å². The van der Waals surface area contributed by atoms with Crippen LogP contribution in [0.25, 0.3) is 10.9 Å². The highest BCUT2D eigenvalue weighted by atomic mass is 16.3. The first-order chi connectivity index (χ1) is 8.18. The molecule has 1 atom stereocenters. The molecule has 4 nitrogen and oxygen atoms in total. The second kappa shape index (κ2) is 5.01. The molecule has 0 saturated carbocycles. The molecule has 1 heterocycles. The average Bonchev–Trinajstić information content (AvgIpc) is 2.32. The average molecular weight is 231 g/mol. The molecule has 90 valence electrons. The molecule has 0 radical (unpaired) electrons. The number of nitrogen functional groups attached to an aromatic ring is 1. The minimum Gasteiger partial charge on any atom is -0.397 e. The number of nitrogens with one attached hydrogen (secondary N) is 1. The van der Waals surface area contributed by atoms with Gasteiger partial charge in [0.25, 0.3) is 0 Å². The molecular formula is C13H17N3O. The number of nitrogens with two attached hydrogens (primary N) is 1. The van der Waals surface area contributed by atoms with E-state index in [1.54, 1.807) is 13.1 Å². The number of aromatic nitrogens is 1. The summed E-state index contributed by atoms with van der Waals surface area (Å²) in [5.41, 5.74) is 8.37. The quantitative estimate of drug-likeness (QED) is 0.704. The highest BCUT2D eigenvalue weighted by Gasteiger charge is 2.04. The van der Waals surface area contributed by atoms with E-state index in [4.69, 9.17) is 5.73 Å². The molecule has 17 heavy (non-hydrogen) atoms. The number of anilines is 2. The van der Waals surface area contributed by atoms with E-state index < -0.39 is 0 Å². The Morgan fingerprint density at radius 1 is 1.41 bits per heavy atom. The molecule has 4 N–H and O–H groups in total. The Bertz CT molecular complexity index is 511. The summed E-state index contributed by atoms with van der Waals surface area (Å²) in [5, 5.41) is 13.5. The Morgan fingerprint density at radius 3 is 3.00 bits per heavy atom. The van der Waals surface area contributed by atoms with Crippen molar-refractivity contribution in [2.75, 3.05) is 17.6 Å². The zero-order valence-corrected chi connectivity index (χ0v) is 9.85. The van der Waals surface area contributed by atoms with Gasteiger partial charge in [-0.25, -0.2) is 0 Å². The van der Waals surface area contributed by atoms with Gasteiger partial charge >= 0.3 is 0 Å². The van der Waals surface area contributed by atoms with Gasteiger partial charge in [-0.3, -0.25) is 4.98 Å². The van der Waals surface area contributed by atoms with Crippen molar-refractivity contribution in [2.45, 2.75) is 19.4 Å². The molecule has 0 aliphatic heterocycles. The molecule has 2 rings (SSSR count). The summed E-state index contributed by atoms with van der Waals surface area (Å²) in [6.07, 6.45) is 2.16. The number of hydrogen-bond donors (Lipinski definition) is 3. The van der Waals surface area contributed by atoms with Crippen molar-refractivity contribution in [3.63, 3.8) is 0 Å². The Hall–Kier alpha value is -1.81. The van der Waals surface area contributed by atoms with E-state index in [1.165, 1.54) is 0 Å². The van der Waals surface area contributed by atoms with Crippen LogP contribution in [0.1, 0.15) is 13.3 Å². The highest BCUT2D eigenvalue weighted by Crippen LogP contribution is 2.26. The van der Waals surface area contributed by atoms with Crippen LogP contribution in [0.15, 0.2) is 30.5 Å². The van der Waals surface area contributed by atoms with Crippen LogP contribution in [-0.4, -0.2) is 22.7 Å². The molecule has 0 bridgehead atoms. The fourth-order valence-corrected chi connectivity index (χ4v) is 1.76. The SMILES string of the molecule is CC(O)CCNc1ccc(N)c2ncccc12. The van der Waals surface area contributed by atoms with Gasteiger partial charge in [-0.15, -0.1) is 0 Å². The molecule has 4 heteroatoms. The summed E-state index contributed by atoms with van der Waals surface area (Å²) in [4.78, 5) is 4.27. The molecular weight excluding hydrogens is 214 g/mol. The van der Waals surface area contributed by atoms with Crippen molar-refractivity contribution < 1.29 is 5.11 Å². The number of benzene rings is 1. The monoisotopic (exact) mass is 231 g/mol. The van der Waals surface area contributed by atoms with Gasteiger partial charge in [0, 0.05) is 23.8 Å². The Kier molecular flexibility index (Phi) is 3.44. The normalized spacial score (nSPS) is 12.6. The number of nitrogens with zero attached hydrogens (tertiary/aromatic N) is 1. The molecule has 0 aliphatic carbocycles. The van der Waals surface area contributed by atoms with Crippen molar-refractivity contribution in [1.82, 2.24) is 4.98 Å². The zero-order chi connectivity index (χ0) is 12.3. The molecule has 0 aliphatic rings. The van der Waals surface area contributed by atoms with Crippen LogP contribution in [0.4, 0.5) is 11.4 Å². The first-order valence-electron chi connectivity index (χ1n) is 5.73. The lowest BCUT2D eigenvalue weighted by Gasteiger charge is -2.11. The molecule has 0 fully saturated rings. The van der Waals surface area contributed by atoms with E-state index in [9.17, 15) is 5.11 Å². The largest absolute Gasteiger partial charge is 0.397 e. The van der Waals surface area contributed by atoms with Crippen molar-refractivity contribution >= 4 is 22.3 Å². The summed E-state index contributed by atoms with van der Waals surface area (Å²) in [7, 11) is 0. The number of hydrogen-bond acceptors (Lipinski definition) is 4. The number of rotatable bonds is 4. The predicted octanol–water partition coefficient (Wildman–Crippen LogP) is 2.00. The standard InChI is InChI=1S/C13H17N3O/c1-9(17)6-8-15-12-5-4-11(14)13-10(12)3-2-7-16-13/h2-5,7,9,15,17H,6,8,14H2,1H3. The minimum atomic E-state index is -0.291. The van der Waals surface area contributed by atoms with E-state index in [-0.39, 0.29) is 6.10 Å². The van der Waals surface area contributed by atoms with Gasteiger partial charge in [0.1, 0.15) is 0 Å². The van der Waals surface area contributed by atoms with Crippen LogP contribution in [0.2, 0.25) is 0 Å². The molecule has 0 saturated heterocycles. The third kappa shape index (κ3) is 2.65.